The SMILES string of the molecule is CSc1n[nH]c2ncnc(NCC(=O)NC(C)C)c12. The van der Waals surface area contributed by atoms with E-state index < -0.39 is 0 Å². The standard InChI is InChI=1S/C11H16N6OS/c1-6(2)15-7(18)4-12-9-8-10(14-5-13-9)16-17-11(8)19-3/h5-6H,4H2,1-3H3,(H,15,18)(H2,12,13,14,16,17). The van der Waals surface area contributed by atoms with E-state index in [1.54, 1.807) is 0 Å². The molecule has 0 radical (unpaired) electrons. The van der Waals surface area contributed by atoms with Gasteiger partial charge in [0.1, 0.15) is 17.2 Å². The molecule has 0 fully saturated rings. The average molecular weight is 280 g/mol. The Morgan fingerprint density at radius 3 is 2.95 bits per heavy atom. The number of thioether (sulfide) groups is 1. The Bertz CT molecular complexity index is 582. The lowest BCUT2D eigenvalue weighted by molar-refractivity contribution is -0.119. The van der Waals surface area contributed by atoms with Gasteiger partial charge in [0.05, 0.1) is 11.9 Å². The molecule has 0 saturated heterocycles. The van der Waals surface area contributed by atoms with E-state index in [9.17, 15) is 4.79 Å². The first-order valence-corrected chi connectivity index (χ1v) is 7.10. The normalized spacial score (nSPS) is 10.9. The quantitative estimate of drug-likeness (QED) is 0.707. The molecular weight excluding hydrogens is 264 g/mol. The summed E-state index contributed by atoms with van der Waals surface area (Å²) >= 11 is 1.50. The summed E-state index contributed by atoms with van der Waals surface area (Å²) in [5.74, 6) is 0.540. The highest BCUT2D eigenvalue weighted by Gasteiger charge is 2.12. The first-order valence-electron chi connectivity index (χ1n) is 5.88. The molecule has 19 heavy (non-hydrogen) atoms. The van der Waals surface area contributed by atoms with Gasteiger partial charge in [0.25, 0.3) is 0 Å². The lowest BCUT2D eigenvalue weighted by Crippen LogP contribution is -2.35. The van der Waals surface area contributed by atoms with Crippen molar-refractivity contribution < 1.29 is 4.79 Å². The summed E-state index contributed by atoms with van der Waals surface area (Å²) in [6, 6.07) is 0.121. The molecule has 0 bridgehead atoms. The number of aromatic nitrogens is 4. The second kappa shape index (κ2) is 5.87. The minimum absolute atomic E-state index is 0.0732. The van der Waals surface area contributed by atoms with Crippen molar-refractivity contribution in [2.75, 3.05) is 18.1 Å². The van der Waals surface area contributed by atoms with E-state index in [1.807, 2.05) is 20.1 Å². The van der Waals surface area contributed by atoms with Gasteiger partial charge in [0, 0.05) is 6.04 Å². The molecule has 0 spiro atoms. The van der Waals surface area contributed by atoms with Gasteiger partial charge in [0.15, 0.2) is 5.65 Å². The summed E-state index contributed by atoms with van der Waals surface area (Å²) in [5.41, 5.74) is 0.658. The zero-order valence-electron chi connectivity index (χ0n) is 11.0. The van der Waals surface area contributed by atoms with Crippen molar-refractivity contribution in [3.63, 3.8) is 0 Å². The van der Waals surface area contributed by atoms with Crippen molar-refractivity contribution >= 4 is 34.5 Å². The molecule has 2 heterocycles. The van der Waals surface area contributed by atoms with Crippen LogP contribution in [0.5, 0.6) is 0 Å². The number of hydrogen-bond acceptors (Lipinski definition) is 6. The van der Waals surface area contributed by atoms with E-state index in [1.165, 1.54) is 18.1 Å². The number of hydrogen-bond donors (Lipinski definition) is 3. The summed E-state index contributed by atoms with van der Waals surface area (Å²) < 4.78 is 0. The summed E-state index contributed by atoms with van der Waals surface area (Å²) in [6.07, 6.45) is 3.37. The Morgan fingerprint density at radius 2 is 2.26 bits per heavy atom. The van der Waals surface area contributed by atoms with Crippen molar-refractivity contribution in [1.82, 2.24) is 25.5 Å². The number of nitrogens with one attached hydrogen (secondary N) is 3. The van der Waals surface area contributed by atoms with Crippen LogP contribution in [0.2, 0.25) is 0 Å². The third-order valence-electron chi connectivity index (χ3n) is 2.38. The van der Waals surface area contributed by atoms with Gasteiger partial charge in [-0.2, -0.15) is 5.10 Å². The monoisotopic (exact) mass is 280 g/mol. The molecule has 0 atom stereocenters. The maximum atomic E-state index is 11.6. The first-order chi connectivity index (χ1) is 9.11. The molecule has 3 N–H and O–H groups in total. The molecule has 102 valence electrons. The van der Waals surface area contributed by atoms with Crippen molar-refractivity contribution in [2.24, 2.45) is 0 Å². The third kappa shape index (κ3) is 3.14. The number of H-pyrrole nitrogens is 1. The number of carbonyl (C=O) groups excluding carboxylic acids is 1. The number of rotatable bonds is 5. The molecule has 0 unspecified atom stereocenters. The lowest BCUT2D eigenvalue weighted by atomic mass is 10.3. The maximum Gasteiger partial charge on any atom is 0.239 e. The zero-order chi connectivity index (χ0) is 13.8. The van der Waals surface area contributed by atoms with Crippen LogP contribution in [-0.2, 0) is 4.79 Å². The predicted molar refractivity (Wildman–Crippen MR) is 75.2 cm³/mol. The Labute approximate surface area is 115 Å². The van der Waals surface area contributed by atoms with Crippen molar-refractivity contribution in [2.45, 2.75) is 24.9 Å². The van der Waals surface area contributed by atoms with Gasteiger partial charge in [-0.25, -0.2) is 9.97 Å². The van der Waals surface area contributed by atoms with Gasteiger partial charge in [-0.3, -0.25) is 9.89 Å². The predicted octanol–water partition coefficient (Wildman–Crippen LogP) is 1.01. The van der Waals surface area contributed by atoms with E-state index in [4.69, 9.17) is 0 Å². The number of fused-ring (bicyclic) bond motifs is 1. The Balaban J connectivity index is 2.16. The Morgan fingerprint density at radius 1 is 1.47 bits per heavy atom. The van der Waals surface area contributed by atoms with Gasteiger partial charge in [-0.1, -0.05) is 0 Å². The van der Waals surface area contributed by atoms with E-state index in [0.29, 0.717) is 11.5 Å². The van der Waals surface area contributed by atoms with Gasteiger partial charge < -0.3 is 10.6 Å². The molecule has 7 nitrogen and oxygen atoms in total. The number of anilines is 1. The topological polar surface area (TPSA) is 95.6 Å². The number of amides is 1. The van der Waals surface area contributed by atoms with E-state index >= 15 is 0 Å². The third-order valence-corrected chi connectivity index (χ3v) is 3.07. The fourth-order valence-corrected chi connectivity index (χ4v) is 2.19. The van der Waals surface area contributed by atoms with Gasteiger partial charge in [0.2, 0.25) is 5.91 Å². The Hall–Kier alpha value is -1.83. The first kappa shape index (κ1) is 13.6. The van der Waals surface area contributed by atoms with Crippen LogP contribution in [0.15, 0.2) is 11.4 Å². The number of nitrogens with zero attached hydrogens (tertiary/aromatic N) is 3. The van der Waals surface area contributed by atoms with Crippen molar-refractivity contribution in [1.29, 1.82) is 0 Å². The van der Waals surface area contributed by atoms with Crippen LogP contribution in [0.3, 0.4) is 0 Å². The van der Waals surface area contributed by atoms with Crippen LogP contribution >= 0.6 is 11.8 Å². The van der Waals surface area contributed by atoms with Crippen LogP contribution < -0.4 is 10.6 Å². The van der Waals surface area contributed by atoms with E-state index in [0.717, 1.165) is 10.4 Å². The fraction of sp³-hybridized carbons (Fsp3) is 0.455. The maximum absolute atomic E-state index is 11.6. The highest BCUT2D eigenvalue weighted by molar-refractivity contribution is 7.98. The van der Waals surface area contributed by atoms with Crippen LogP contribution in [0, 0.1) is 0 Å². The molecule has 2 aromatic rings. The minimum Gasteiger partial charge on any atom is -0.360 e. The molecule has 0 aromatic carbocycles. The highest BCUT2D eigenvalue weighted by Crippen LogP contribution is 2.27. The second-order valence-corrected chi connectivity index (χ2v) is 5.05. The summed E-state index contributed by atoms with van der Waals surface area (Å²) in [7, 11) is 0. The minimum atomic E-state index is -0.0732. The van der Waals surface area contributed by atoms with E-state index in [-0.39, 0.29) is 18.5 Å². The molecule has 2 rings (SSSR count). The molecule has 1 amide bonds. The Kier molecular flexibility index (Phi) is 4.20. The van der Waals surface area contributed by atoms with Crippen LogP contribution in [0.4, 0.5) is 5.82 Å². The molecular formula is C11H16N6OS. The zero-order valence-corrected chi connectivity index (χ0v) is 11.8. The van der Waals surface area contributed by atoms with Crippen LogP contribution in [0.25, 0.3) is 11.0 Å². The molecule has 2 aromatic heterocycles. The van der Waals surface area contributed by atoms with Crippen LogP contribution in [-0.4, -0.2) is 44.9 Å². The highest BCUT2D eigenvalue weighted by atomic mass is 32.2. The van der Waals surface area contributed by atoms with Crippen LogP contribution in [0.1, 0.15) is 13.8 Å². The second-order valence-electron chi connectivity index (χ2n) is 4.25. The lowest BCUT2D eigenvalue weighted by Gasteiger charge is -2.10. The number of carbonyl (C=O) groups is 1. The molecule has 0 aliphatic heterocycles. The van der Waals surface area contributed by atoms with Gasteiger partial charge >= 0.3 is 0 Å². The average Bonchev–Trinajstić information content (AvgIpc) is 2.79. The number of aromatic amines is 1. The smallest absolute Gasteiger partial charge is 0.239 e. The molecule has 8 heteroatoms. The summed E-state index contributed by atoms with van der Waals surface area (Å²) in [6.45, 7) is 4.01. The molecule has 0 aliphatic rings. The molecule has 0 aliphatic carbocycles. The summed E-state index contributed by atoms with van der Waals surface area (Å²) in [5, 5.41) is 14.4. The fourth-order valence-electron chi connectivity index (χ4n) is 1.65. The van der Waals surface area contributed by atoms with Gasteiger partial charge in [-0.15, -0.1) is 11.8 Å². The molecule has 0 saturated carbocycles. The van der Waals surface area contributed by atoms with Crippen molar-refractivity contribution in [3.05, 3.63) is 6.33 Å². The summed E-state index contributed by atoms with van der Waals surface area (Å²) in [4.78, 5) is 19.9. The van der Waals surface area contributed by atoms with Gasteiger partial charge in [-0.05, 0) is 20.1 Å². The largest absolute Gasteiger partial charge is 0.360 e. The van der Waals surface area contributed by atoms with E-state index in [2.05, 4.69) is 30.8 Å². The van der Waals surface area contributed by atoms with Crippen molar-refractivity contribution in [3.8, 4) is 0 Å².